The third-order valence-corrected chi connectivity index (χ3v) is 5.18. The number of ether oxygens (including phenoxy) is 1. The second-order valence-corrected chi connectivity index (χ2v) is 9.33. The Bertz CT molecular complexity index is 932. The van der Waals surface area contributed by atoms with E-state index in [1.165, 1.54) is 35.0 Å². The van der Waals surface area contributed by atoms with E-state index in [0.717, 1.165) is 18.7 Å². The van der Waals surface area contributed by atoms with E-state index < -0.39 is 11.2 Å². The first kappa shape index (κ1) is 21.4. The van der Waals surface area contributed by atoms with Crippen molar-refractivity contribution in [2.75, 3.05) is 0 Å². The summed E-state index contributed by atoms with van der Waals surface area (Å²) in [6, 6.07) is 19.2. The van der Waals surface area contributed by atoms with Crippen LogP contribution in [0.25, 0.3) is 22.2 Å². The molecule has 0 saturated heterocycles. The molecule has 3 nitrogen and oxygen atoms in total. The summed E-state index contributed by atoms with van der Waals surface area (Å²) in [6.45, 7) is 11.0. The minimum Gasteiger partial charge on any atom is -0.488 e. The predicted octanol–water partition coefficient (Wildman–Crippen LogP) is 6.82. The Morgan fingerprint density at radius 2 is 1.66 bits per heavy atom. The largest absolute Gasteiger partial charge is 0.488 e. The summed E-state index contributed by atoms with van der Waals surface area (Å²) in [4.78, 5) is 0. The molecular formula is C26H35NO2. The highest BCUT2D eigenvalue weighted by Crippen LogP contribution is 2.33. The van der Waals surface area contributed by atoms with Crippen molar-refractivity contribution in [2.45, 2.75) is 78.0 Å². The van der Waals surface area contributed by atoms with Crippen molar-refractivity contribution < 1.29 is 9.84 Å². The number of aliphatic hydroxyl groups is 1. The van der Waals surface area contributed by atoms with Crippen LogP contribution in [0.2, 0.25) is 0 Å². The number of fused-ring (bicyclic) bond motifs is 1. The highest BCUT2D eigenvalue weighted by atomic mass is 16.5. The molecule has 2 aromatic carbocycles. The Balaban J connectivity index is 1.99. The third kappa shape index (κ3) is 5.63. The molecule has 3 heteroatoms. The molecule has 0 spiro atoms. The van der Waals surface area contributed by atoms with Gasteiger partial charge < -0.3 is 14.4 Å². The van der Waals surface area contributed by atoms with Gasteiger partial charge in [0.2, 0.25) is 0 Å². The van der Waals surface area contributed by atoms with Gasteiger partial charge in [0.25, 0.3) is 0 Å². The molecule has 3 aromatic rings. The Morgan fingerprint density at radius 3 is 2.31 bits per heavy atom. The quantitative estimate of drug-likeness (QED) is 0.405. The number of rotatable bonds is 9. The molecule has 0 radical (unpaired) electrons. The van der Waals surface area contributed by atoms with Gasteiger partial charge in [-0.25, -0.2) is 0 Å². The Kier molecular flexibility index (Phi) is 6.38. The van der Waals surface area contributed by atoms with Crippen molar-refractivity contribution in [2.24, 2.45) is 0 Å². The summed E-state index contributed by atoms with van der Waals surface area (Å²) in [5.41, 5.74) is 2.48. The summed E-state index contributed by atoms with van der Waals surface area (Å²) in [5, 5.41) is 11.4. The van der Waals surface area contributed by atoms with Crippen molar-refractivity contribution in [3.05, 3.63) is 54.6 Å². The molecule has 1 aromatic heterocycles. The molecular weight excluding hydrogens is 358 g/mol. The molecule has 0 aliphatic carbocycles. The Morgan fingerprint density at radius 1 is 0.931 bits per heavy atom. The monoisotopic (exact) mass is 393 g/mol. The molecule has 0 bridgehead atoms. The van der Waals surface area contributed by atoms with Crippen molar-refractivity contribution in [3.63, 3.8) is 0 Å². The zero-order valence-electron chi connectivity index (χ0n) is 18.5. The number of aryl methyl sites for hydroxylation is 1. The van der Waals surface area contributed by atoms with Crippen LogP contribution in [0.5, 0.6) is 5.75 Å². The van der Waals surface area contributed by atoms with Gasteiger partial charge in [-0.3, -0.25) is 0 Å². The third-order valence-electron chi connectivity index (χ3n) is 5.18. The second-order valence-electron chi connectivity index (χ2n) is 9.33. The van der Waals surface area contributed by atoms with Crippen LogP contribution in [0.4, 0.5) is 0 Å². The molecule has 1 heterocycles. The van der Waals surface area contributed by atoms with E-state index in [0.29, 0.717) is 6.42 Å². The van der Waals surface area contributed by atoms with E-state index >= 15 is 0 Å². The maximum atomic E-state index is 10.2. The van der Waals surface area contributed by atoms with E-state index in [2.05, 4.69) is 60.0 Å². The van der Waals surface area contributed by atoms with Gasteiger partial charge in [0, 0.05) is 30.1 Å². The van der Waals surface area contributed by atoms with E-state index in [4.69, 9.17) is 4.74 Å². The van der Waals surface area contributed by atoms with Crippen molar-refractivity contribution in [3.8, 4) is 17.0 Å². The number of benzene rings is 2. The molecule has 29 heavy (non-hydrogen) atoms. The zero-order valence-corrected chi connectivity index (χ0v) is 18.5. The van der Waals surface area contributed by atoms with E-state index in [1.54, 1.807) is 0 Å². The van der Waals surface area contributed by atoms with Crippen LogP contribution in [-0.4, -0.2) is 20.9 Å². The maximum Gasteiger partial charge on any atom is 0.122 e. The lowest BCUT2D eigenvalue weighted by Crippen LogP contribution is -2.37. The fourth-order valence-corrected chi connectivity index (χ4v) is 4.30. The van der Waals surface area contributed by atoms with Crippen LogP contribution in [-0.2, 0) is 6.54 Å². The van der Waals surface area contributed by atoms with Gasteiger partial charge in [-0.1, -0.05) is 50.1 Å². The van der Waals surface area contributed by atoms with Gasteiger partial charge in [-0.05, 0) is 57.9 Å². The lowest BCUT2D eigenvalue weighted by Gasteiger charge is -2.32. The van der Waals surface area contributed by atoms with Gasteiger partial charge in [0.05, 0.1) is 11.1 Å². The number of nitrogens with zero attached hydrogens (tertiary/aromatic N) is 1. The molecule has 0 fully saturated rings. The van der Waals surface area contributed by atoms with E-state index in [-0.39, 0.29) is 0 Å². The average molecular weight is 394 g/mol. The van der Waals surface area contributed by atoms with Crippen LogP contribution < -0.4 is 4.74 Å². The number of hydrogen-bond acceptors (Lipinski definition) is 2. The SMILES string of the molecule is CCCCCn1c(-c2ccccc2)cc2ccc(OC(C)(C)CC(C)(C)O)cc21. The molecule has 1 N–H and O–H groups in total. The Hall–Kier alpha value is -2.26. The van der Waals surface area contributed by atoms with Crippen LogP contribution >= 0.6 is 0 Å². The summed E-state index contributed by atoms with van der Waals surface area (Å²) < 4.78 is 8.73. The van der Waals surface area contributed by atoms with Crippen LogP contribution in [0.15, 0.2) is 54.6 Å². The summed E-state index contributed by atoms with van der Waals surface area (Å²) in [7, 11) is 0. The van der Waals surface area contributed by atoms with Crippen molar-refractivity contribution in [1.29, 1.82) is 0 Å². The second kappa shape index (κ2) is 8.62. The summed E-state index contributed by atoms with van der Waals surface area (Å²) in [5.74, 6) is 0.848. The van der Waals surface area contributed by atoms with Crippen molar-refractivity contribution in [1.82, 2.24) is 4.57 Å². The van der Waals surface area contributed by atoms with Crippen LogP contribution in [0, 0.1) is 0 Å². The molecule has 0 amide bonds. The molecule has 0 atom stereocenters. The fraction of sp³-hybridized carbons (Fsp3) is 0.462. The minimum atomic E-state index is -0.769. The topological polar surface area (TPSA) is 34.4 Å². The van der Waals surface area contributed by atoms with Gasteiger partial charge in [-0.2, -0.15) is 0 Å². The first-order valence-corrected chi connectivity index (χ1v) is 10.8. The van der Waals surface area contributed by atoms with E-state index in [9.17, 15) is 5.11 Å². The predicted molar refractivity (Wildman–Crippen MR) is 123 cm³/mol. The molecule has 0 unspecified atom stereocenters. The Labute approximate surface area is 175 Å². The molecule has 156 valence electrons. The van der Waals surface area contributed by atoms with Gasteiger partial charge in [-0.15, -0.1) is 0 Å². The van der Waals surface area contributed by atoms with Crippen LogP contribution in [0.1, 0.15) is 60.3 Å². The molecule has 3 rings (SSSR count). The summed E-state index contributed by atoms with van der Waals surface area (Å²) in [6.07, 6.45) is 4.16. The first-order chi connectivity index (χ1) is 13.7. The zero-order chi connectivity index (χ0) is 21.1. The normalized spacial score (nSPS) is 12.5. The number of aromatic nitrogens is 1. The van der Waals surface area contributed by atoms with Crippen molar-refractivity contribution >= 4 is 10.9 Å². The number of hydrogen-bond donors (Lipinski definition) is 1. The average Bonchev–Trinajstić information content (AvgIpc) is 2.98. The maximum absolute atomic E-state index is 10.2. The number of unbranched alkanes of at least 4 members (excludes halogenated alkanes) is 2. The fourth-order valence-electron chi connectivity index (χ4n) is 4.30. The standard InChI is InChI=1S/C26H35NO2/c1-6-7-11-16-27-23(20-12-9-8-10-13-20)17-21-14-15-22(18-24(21)27)29-26(4,5)19-25(2,3)28/h8-10,12-15,17-18,28H,6-7,11,16,19H2,1-5H3. The molecule has 0 saturated carbocycles. The highest BCUT2D eigenvalue weighted by Gasteiger charge is 2.29. The first-order valence-electron chi connectivity index (χ1n) is 10.8. The molecule has 0 aliphatic rings. The van der Waals surface area contributed by atoms with Crippen LogP contribution in [0.3, 0.4) is 0 Å². The molecule has 0 aliphatic heterocycles. The smallest absolute Gasteiger partial charge is 0.122 e. The lowest BCUT2D eigenvalue weighted by atomic mass is 9.92. The lowest BCUT2D eigenvalue weighted by molar-refractivity contribution is -0.0105. The summed E-state index contributed by atoms with van der Waals surface area (Å²) >= 11 is 0. The van der Waals surface area contributed by atoms with Gasteiger partial charge in [0.15, 0.2) is 0 Å². The van der Waals surface area contributed by atoms with Gasteiger partial charge in [0.1, 0.15) is 11.4 Å². The minimum absolute atomic E-state index is 0.451. The van der Waals surface area contributed by atoms with Gasteiger partial charge >= 0.3 is 0 Å². The highest BCUT2D eigenvalue weighted by molar-refractivity contribution is 5.88. The van der Waals surface area contributed by atoms with E-state index in [1.807, 2.05) is 33.8 Å².